The molecule has 0 unspecified atom stereocenters. The van der Waals surface area contributed by atoms with Crippen molar-refractivity contribution in [2.24, 2.45) is 0 Å². The van der Waals surface area contributed by atoms with Gasteiger partial charge in [-0.15, -0.1) is 0 Å². The van der Waals surface area contributed by atoms with E-state index < -0.39 is 0 Å². The van der Waals surface area contributed by atoms with Crippen LogP contribution in [0.25, 0.3) is 0 Å². The van der Waals surface area contributed by atoms with Gasteiger partial charge in [0, 0.05) is 37.4 Å². The topological polar surface area (TPSA) is 65.2 Å². The molecule has 1 fully saturated rings. The molecule has 0 radical (unpaired) electrons. The first-order valence-electron chi connectivity index (χ1n) is 7.92. The van der Waals surface area contributed by atoms with E-state index in [1.807, 2.05) is 6.07 Å². The van der Waals surface area contributed by atoms with E-state index >= 15 is 0 Å². The molecule has 2 N–H and O–H groups in total. The molecular formula is C18H21N3O2. The van der Waals surface area contributed by atoms with E-state index in [0.29, 0.717) is 11.6 Å². The number of amides is 1. The quantitative estimate of drug-likeness (QED) is 0.907. The maximum atomic E-state index is 12.2. The van der Waals surface area contributed by atoms with Gasteiger partial charge in [0.05, 0.1) is 5.56 Å². The zero-order valence-corrected chi connectivity index (χ0v) is 13.2. The highest BCUT2D eigenvalue weighted by molar-refractivity contribution is 5.94. The molecule has 1 saturated heterocycles. The van der Waals surface area contributed by atoms with E-state index in [1.54, 1.807) is 6.07 Å². The van der Waals surface area contributed by atoms with Crippen LogP contribution in [-0.2, 0) is 0 Å². The second-order valence-electron chi connectivity index (χ2n) is 5.98. The van der Waals surface area contributed by atoms with E-state index in [0.717, 1.165) is 19.5 Å². The highest BCUT2D eigenvalue weighted by Gasteiger charge is 2.27. The Morgan fingerprint density at radius 1 is 1.26 bits per heavy atom. The number of hydrogen-bond donors (Lipinski definition) is 2. The lowest BCUT2D eigenvalue weighted by Crippen LogP contribution is -2.37. The summed E-state index contributed by atoms with van der Waals surface area (Å²) < 4.78 is 0. The Morgan fingerprint density at radius 2 is 2.04 bits per heavy atom. The van der Waals surface area contributed by atoms with E-state index in [9.17, 15) is 9.59 Å². The monoisotopic (exact) mass is 311 g/mol. The standard InChI is InChI=1S/C18H21N3O2/c1-13(14-5-3-2-4-6-14)21-10-9-16(12-21)20-18(23)15-7-8-17(22)19-11-15/h2-8,11,13,16H,9-10,12H2,1H3,(H,19,22)(H,20,23)/t13-,16-/m0/s1. The van der Waals surface area contributed by atoms with Crippen LogP contribution in [0.3, 0.4) is 0 Å². The Bertz CT molecular complexity index is 706. The van der Waals surface area contributed by atoms with Crippen molar-refractivity contribution in [1.82, 2.24) is 15.2 Å². The third kappa shape index (κ3) is 3.68. The van der Waals surface area contributed by atoms with Crippen molar-refractivity contribution >= 4 is 5.91 Å². The maximum Gasteiger partial charge on any atom is 0.253 e. The van der Waals surface area contributed by atoms with Crippen LogP contribution in [0.5, 0.6) is 0 Å². The predicted molar refractivity (Wildman–Crippen MR) is 89.4 cm³/mol. The molecule has 0 aliphatic carbocycles. The van der Waals surface area contributed by atoms with Gasteiger partial charge in [-0.1, -0.05) is 30.3 Å². The molecule has 1 amide bonds. The summed E-state index contributed by atoms with van der Waals surface area (Å²) in [7, 11) is 0. The van der Waals surface area contributed by atoms with Crippen LogP contribution in [0, 0.1) is 0 Å². The van der Waals surface area contributed by atoms with E-state index in [4.69, 9.17) is 0 Å². The highest BCUT2D eigenvalue weighted by atomic mass is 16.2. The molecule has 23 heavy (non-hydrogen) atoms. The molecule has 1 aromatic heterocycles. The van der Waals surface area contributed by atoms with Crippen molar-refractivity contribution in [2.45, 2.75) is 25.4 Å². The van der Waals surface area contributed by atoms with Crippen LogP contribution >= 0.6 is 0 Å². The van der Waals surface area contributed by atoms with Crippen LogP contribution in [0.15, 0.2) is 53.5 Å². The second-order valence-corrected chi connectivity index (χ2v) is 5.98. The number of carbonyl (C=O) groups is 1. The molecule has 2 atom stereocenters. The molecule has 1 aliphatic rings. The molecule has 0 bridgehead atoms. The van der Waals surface area contributed by atoms with Crippen molar-refractivity contribution in [3.05, 3.63) is 70.1 Å². The smallest absolute Gasteiger partial charge is 0.253 e. The normalized spacial score (nSPS) is 19.4. The summed E-state index contributed by atoms with van der Waals surface area (Å²) >= 11 is 0. The van der Waals surface area contributed by atoms with Crippen LogP contribution in [0.2, 0.25) is 0 Å². The van der Waals surface area contributed by atoms with Gasteiger partial charge in [0.15, 0.2) is 0 Å². The molecule has 5 nitrogen and oxygen atoms in total. The van der Waals surface area contributed by atoms with Gasteiger partial charge in [0.25, 0.3) is 5.91 Å². The van der Waals surface area contributed by atoms with Crippen molar-refractivity contribution in [3.63, 3.8) is 0 Å². The SMILES string of the molecule is C[C@@H](c1ccccc1)N1CC[C@H](NC(=O)c2ccc(=O)[nH]c2)C1. The fourth-order valence-electron chi connectivity index (χ4n) is 3.02. The number of benzene rings is 1. The van der Waals surface area contributed by atoms with Gasteiger partial charge >= 0.3 is 0 Å². The van der Waals surface area contributed by atoms with Crippen molar-refractivity contribution in [1.29, 1.82) is 0 Å². The molecule has 0 spiro atoms. The molecule has 5 heteroatoms. The number of rotatable bonds is 4. The van der Waals surface area contributed by atoms with Crippen LogP contribution in [0.1, 0.15) is 35.3 Å². The first-order chi connectivity index (χ1) is 11.1. The number of pyridine rings is 1. The first-order valence-corrected chi connectivity index (χ1v) is 7.92. The summed E-state index contributed by atoms with van der Waals surface area (Å²) in [6, 6.07) is 13.8. The number of carbonyl (C=O) groups excluding carboxylic acids is 1. The number of nitrogens with zero attached hydrogens (tertiary/aromatic N) is 1. The minimum atomic E-state index is -0.203. The number of aromatic amines is 1. The predicted octanol–water partition coefficient (Wildman–Crippen LogP) is 1.94. The van der Waals surface area contributed by atoms with Gasteiger partial charge in [-0.25, -0.2) is 0 Å². The van der Waals surface area contributed by atoms with Crippen molar-refractivity contribution in [3.8, 4) is 0 Å². The third-order valence-corrected chi connectivity index (χ3v) is 4.43. The zero-order chi connectivity index (χ0) is 16.2. The van der Waals surface area contributed by atoms with Crippen LogP contribution in [0.4, 0.5) is 0 Å². The molecule has 1 aromatic carbocycles. The average molecular weight is 311 g/mol. The van der Waals surface area contributed by atoms with E-state index in [-0.39, 0.29) is 17.5 Å². The third-order valence-electron chi connectivity index (χ3n) is 4.43. The van der Waals surface area contributed by atoms with E-state index in [2.05, 4.69) is 46.4 Å². The lowest BCUT2D eigenvalue weighted by molar-refractivity contribution is 0.0936. The van der Waals surface area contributed by atoms with Gasteiger partial charge in [-0.3, -0.25) is 14.5 Å². The Morgan fingerprint density at radius 3 is 2.74 bits per heavy atom. The zero-order valence-electron chi connectivity index (χ0n) is 13.2. The molecular weight excluding hydrogens is 290 g/mol. The molecule has 2 aromatic rings. The Balaban J connectivity index is 1.58. The Labute approximate surface area is 135 Å². The highest BCUT2D eigenvalue weighted by Crippen LogP contribution is 2.24. The van der Waals surface area contributed by atoms with Gasteiger partial charge in [0.1, 0.15) is 0 Å². The number of nitrogens with one attached hydrogen (secondary N) is 2. The minimum Gasteiger partial charge on any atom is -0.348 e. The molecule has 1 aliphatic heterocycles. The summed E-state index contributed by atoms with van der Waals surface area (Å²) in [5.41, 5.74) is 1.57. The van der Waals surface area contributed by atoms with Crippen molar-refractivity contribution in [2.75, 3.05) is 13.1 Å². The number of hydrogen-bond acceptors (Lipinski definition) is 3. The summed E-state index contributed by atoms with van der Waals surface area (Å²) in [5, 5.41) is 3.05. The second kappa shape index (κ2) is 6.79. The number of likely N-dealkylation sites (tertiary alicyclic amines) is 1. The summed E-state index contributed by atoms with van der Waals surface area (Å²) in [6.45, 7) is 4.00. The first kappa shape index (κ1) is 15.5. The van der Waals surface area contributed by atoms with Gasteiger partial charge in [0.2, 0.25) is 5.56 Å². The Kier molecular flexibility index (Phi) is 4.57. The molecule has 0 saturated carbocycles. The van der Waals surface area contributed by atoms with Crippen LogP contribution < -0.4 is 10.9 Å². The molecule has 2 heterocycles. The summed E-state index contributed by atoms with van der Waals surface area (Å²) in [5.74, 6) is -0.138. The fraction of sp³-hybridized carbons (Fsp3) is 0.333. The van der Waals surface area contributed by atoms with Gasteiger partial charge in [-0.05, 0) is 25.0 Å². The average Bonchev–Trinajstić information content (AvgIpc) is 3.04. The minimum absolute atomic E-state index is 0.138. The summed E-state index contributed by atoms with van der Waals surface area (Å²) in [6.07, 6.45) is 2.39. The van der Waals surface area contributed by atoms with E-state index in [1.165, 1.54) is 17.8 Å². The number of H-pyrrole nitrogens is 1. The fourth-order valence-corrected chi connectivity index (χ4v) is 3.02. The lowest BCUT2D eigenvalue weighted by Gasteiger charge is -2.24. The maximum absolute atomic E-state index is 12.2. The Hall–Kier alpha value is -2.40. The summed E-state index contributed by atoms with van der Waals surface area (Å²) in [4.78, 5) is 28.2. The van der Waals surface area contributed by atoms with Crippen molar-refractivity contribution < 1.29 is 4.79 Å². The molecule has 120 valence electrons. The van der Waals surface area contributed by atoms with Crippen LogP contribution in [-0.4, -0.2) is 34.9 Å². The lowest BCUT2D eigenvalue weighted by atomic mass is 10.1. The van der Waals surface area contributed by atoms with Gasteiger partial charge < -0.3 is 10.3 Å². The largest absolute Gasteiger partial charge is 0.348 e. The number of aromatic nitrogens is 1. The van der Waals surface area contributed by atoms with Gasteiger partial charge in [-0.2, -0.15) is 0 Å². The molecule has 3 rings (SSSR count).